The SMILES string of the molecule is CCNC(=O)[C@@H]1OCO[C@H]1C(=O)NC(Cc1ccc(OCc2c(Cl)cccc2Cl)cc1)C(=O)O. The number of carboxylic acids is 1. The van der Waals surface area contributed by atoms with Gasteiger partial charge in [0.2, 0.25) is 0 Å². The van der Waals surface area contributed by atoms with E-state index in [0.29, 0.717) is 33.5 Å². The standard InChI is InChI=1S/C23H24Cl2N2O7/c1-2-26-21(28)19-20(34-12-33-19)22(29)27-18(23(30)31)10-13-6-8-14(9-7-13)32-11-15-16(24)4-3-5-17(15)25/h3-9,18-20H,2,10-12H2,1H3,(H,26,28)(H,27,29)(H,30,31)/t18?,19-,20-/m1/s1. The minimum absolute atomic E-state index is 0.0110. The van der Waals surface area contributed by atoms with Crippen LogP contribution in [0.15, 0.2) is 42.5 Å². The maximum absolute atomic E-state index is 12.6. The van der Waals surface area contributed by atoms with E-state index in [1.165, 1.54) is 0 Å². The lowest BCUT2D eigenvalue weighted by atomic mass is 10.0. The fourth-order valence-electron chi connectivity index (χ4n) is 3.30. The predicted molar refractivity (Wildman–Crippen MR) is 124 cm³/mol. The molecule has 0 bridgehead atoms. The van der Waals surface area contributed by atoms with Gasteiger partial charge in [-0.05, 0) is 36.8 Å². The summed E-state index contributed by atoms with van der Waals surface area (Å²) in [6.07, 6.45) is -2.37. The Kier molecular flexibility index (Phi) is 9.12. The van der Waals surface area contributed by atoms with Crippen LogP contribution in [0.4, 0.5) is 0 Å². The lowest BCUT2D eigenvalue weighted by Gasteiger charge is -2.20. The second-order valence-electron chi connectivity index (χ2n) is 7.42. The number of rotatable bonds is 10. The van der Waals surface area contributed by atoms with Gasteiger partial charge in [-0.2, -0.15) is 0 Å². The third-order valence-electron chi connectivity index (χ3n) is 5.06. The largest absolute Gasteiger partial charge is 0.489 e. The highest BCUT2D eigenvalue weighted by molar-refractivity contribution is 6.35. The Labute approximate surface area is 206 Å². The van der Waals surface area contributed by atoms with Gasteiger partial charge in [-0.3, -0.25) is 9.59 Å². The van der Waals surface area contributed by atoms with E-state index in [-0.39, 0.29) is 19.8 Å². The van der Waals surface area contributed by atoms with Crippen molar-refractivity contribution < 1.29 is 33.7 Å². The zero-order valence-corrected chi connectivity index (χ0v) is 19.8. The van der Waals surface area contributed by atoms with E-state index in [2.05, 4.69) is 10.6 Å². The van der Waals surface area contributed by atoms with Crippen molar-refractivity contribution in [2.75, 3.05) is 13.3 Å². The summed E-state index contributed by atoms with van der Waals surface area (Å²) in [5, 5.41) is 15.6. The molecule has 3 rings (SSSR count). The number of benzene rings is 2. The molecule has 0 saturated carbocycles. The molecule has 0 radical (unpaired) electrons. The van der Waals surface area contributed by atoms with Crippen molar-refractivity contribution in [3.05, 3.63) is 63.6 Å². The first kappa shape index (κ1) is 25.8. The normalized spacial score (nSPS) is 18.2. The molecule has 11 heteroatoms. The van der Waals surface area contributed by atoms with Crippen molar-refractivity contribution in [3.63, 3.8) is 0 Å². The highest BCUT2D eigenvalue weighted by Crippen LogP contribution is 2.26. The molecule has 0 aliphatic carbocycles. The zero-order valence-electron chi connectivity index (χ0n) is 18.3. The van der Waals surface area contributed by atoms with Crippen LogP contribution in [0.3, 0.4) is 0 Å². The third-order valence-corrected chi connectivity index (χ3v) is 5.77. The lowest BCUT2D eigenvalue weighted by molar-refractivity contribution is -0.144. The number of carboxylic acid groups (broad SMARTS) is 1. The number of carbonyl (C=O) groups is 3. The van der Waals surface area contributed by atoms with Crippen molar-refractivity contribution >= 4 is 41.0 Å². The molecule has 9 nitrogen and oxygen atoms in total. The molecule has 2 aromatic carbocycles. The molecule has 0 spiro atoms. The van der Waals surface area contributed by atoms with Crippen LogP contribution in [0.25, 0.3) is 0 Å². The smallest absolute Gasteiger partial charge is 0.326 e. The number of halogens is 2. The molecule has 2 aromatic rings. The highest BCUT2D eigenvalue weighted by atomic mass is 35.5. The van der Waals surface area contributed by atoms with Gasteiger partial charge >= 0.3 is 5.97 Å². The van der Waals surface area contributed by atoms with E-state index < -0.39 is 36.0 Å². The van der Waals surface area contributed by atoms with Crippen LogP contribution in [0, 0.1) is 0 Å². The number of amides is 2. The summed E-state index contributed by atoms with van der Waals surface area (Å²) in [5.41, 5.74) is 1.31. The summed E-state index contributed by atoms with van der Waals surface area (Å²) in [7, 11) is 0. The van der Waals surface area contributed by atoms with Crippen LogP contribution in [-0.2, 0) is 36.9 Å². The van der Waals surface area contributed by atoms with Gasteiger partial charge in [0.25, 0.3) is 11.8 Å². The Hall–Kier alpha value is -2.85. The van der Waals surface area contributed by atoms with Crippen LogP contribution < -0.4 is 15.4 Å². The molecule has 1 aliphatic heterocycles. The zero-order chi connectivity index (χ0) is 24.7. The first-order valence-corrected chi connectivity index (χ1v) is 11.2. The van der Waals surface area contributed by atoms with Gasteiger partial charge in [-0.15, -0.1) is 0 Å². The number of hydrogen-bond acceptors (Lipinski definition) is 6. The Bertz CT molecular complexity index is 1010. The van der Waals surface area contributed by atoms with E-state index in [9.17, 15) is 19.5 Å². The maximum Gasteiger partial charge on any atom is 0.326 e. The first-order chi connectivity index (χ1) is 16.3. The van der Waals surface area contributed by atoms with Crippen LogP contribution in [0.2, 0.25) is 10.0 Å². The third kappa shape index (κ3) is 6.60. The predicted octanol–water partition coefficient (Wildman–Crippen LogP) is 2.56. The Balaban J connectivity index is 1.59. The topological polar surface area (TPSA) is 123 Å². The van der Waals surface area contributed by atoms with Crippen molar-refractivity contribution in [1.82, 2.24) is 10.6 Å². The van der Waals surface area contributed by atoms with E-state index in [1.807, 2.05) is 0 Å². The second-order valence-corrected chi connectivity index (χ2v) is 8.24. The van der Waals surface area contributed by atoms with Gasteiger partial charge in [0.15, 0.2) is 12.2 Å². The Morgan fingerprint density at radius 1 is 1.06 bits per heavy atom. The molecule has 1 saturated heterocycles. The summed E-state index contributed by atoms with van der Waals surface area (Å²) in [5.74, 6) is -1.93. The summed E-state index contributed by atoms with van der Waals surface area (Å²) in [6, 6.07) is 10.7. The lowest BCUT2D eigenvalue weighted by Crippen LogP contribution is -2.52. The minimum atomic E-state index is -1.24. The minimum Gasteiger partial charge on any atom is -0.489 e. The molecule has 2 amide bonds. The van der Waals surface area contributed by atoms with Crippen molar-refractivity contribution in [3.8, 4) is 5.75 Å². The first-order valence-electron chi connectivity index (χ1n) is 10.5. The molecular weight excluding hydrogens is 487 g/mol. The molecule has 1 heterocycles. The summed E-state index contributed by atoms with van der Waals surface area (Å²) in [4.78, 5) is 36.4. The van der Waals surface area contributed by atoms with Crippen LogP contribution in [0.5, 0.6) is 5.75 Å². The van der Waals surface area contributed by atoms with Crippen LogP contribution in [0.1, 0.15) is 18.1 Å². The van der Waals surface area contributed by atoms with E-state index >= 15 is 0 Å². The fraction of sp³-hybridized carbons (Fsp3) is 0.348. The number of hydrogen-bond donors (Lipinski definition) is 3. The number of carbonyl (C=O) groups excluding carboxylic acids is 2. The van der Waals surface area contributed by atoms with Gasteiger partial charge in [-0.25, -0.2) is 4.79 Å². The summed E-state index contributed by atoms with van der Waals surface area (Å²) >= 11 is 12.3. The maximum atomic E-state index is 12.6. The van der Waals surface area contributed by atoms with Crippen LogP contribution in [-0.4, -0.2) is 54.5 Å². The van der Waals surface area contributed by atoms with Crippen molar-refractivity contribution in [2.45, 2.75) is 38.2 Å². The number of ether oxygens (including phenoxy) is 3. The molecule has 0 aromatic heterocycles. The fourth-order valence-corrected chi connectivity index (χ4v) is 3.81. The Morgan fingerprint density at radius 3 is 2.26 bits per heavy atom. The van der Waals surface area contributed by atoms with Gasteiger partial charge in [0, 0.05) is 28.6 Å². The van der Waals surface area contributed by atoms with E-state index in [4.69, 9.17) is 37.4 Å². The van der Waals surface area contributed by atoms with Gasteiger partial charge in [-0.1, -0.05) is 41.4 Å². The average Bonchev–Trinajstić information content (AvgIpc) is 3.30. The van der Waals surface area contributed by atoms with Gasteiger partial charge in [0.1, 0.15) is 25.2 Å². The molecule has 3 atom stereocenters. The quantitative estimate of drug-likeness (QED) is 0.448. The molecule has 1 fully saturated rings. The molecule has 3 N–H and O–H groups in total. The number of aliphatic carboxylic acids is 1. The van der Waals surface area contributed by atoms with E-state index in [1.54, 1.807) is 49.4 Å². The Morgan fingerprint density at radius 2 is 1.68 bits per heavy atom. The average molecular weight is 511 g/mol. The van der Waals surface area contributed by atoms with Crippen LogP contribution >= 0.6 is 23.2 Å². The van der Waals surface area contributed by atoms with E-state index in [0.717, 1.165) is 0 Å². The van der Waals surface area contributed by atoms with Gasteiger partial charge in [0.05, 0.1) is 0 Å². The summed E-state index contributed by atoms with van der Waals surface area (Å²) < 4.78 is 16.1. The summed E-state index contributed by atoms with van der Waals surface area (Å²) in [6.45, 7) is 2.02. The molecular formula is C23H24Cl2N2O7. The molecule has 1 aliphatic rings. The van der Waals surface area contributed by atoms with Crippen molar-refractivity contribution in [2.24, 2.45) is 0 Å². The number of nitrogens with one attached hydrogen (secondary N) is 2. The molecule has 182 valence electrons. The highest BCUT2D eigenvalue weighted by Gasteiger charge is 2.41. The monoisotopic (exact) mass is 510 g/mol. The number of likely N-dealkylation sites (N-methyl/N-ethyl adjacent to an activating group) is 1. The van der Waals surface area contributed by atoms with Gasteiger partial charge < -0.3 is 30.0 Å². The molecule has 34 heavy (non-hydrogen) atoms. The van der Waals surface area contributed by atoms with Crippen molar-refractivity contribution in [1.29, 1.82) is 0 Å². The second kappa shape index (κ2) is 12.0. The molecule has 1 unspecified atom stereocenters.